The quantitative estimate of drug-likeness (QED) is 0.291. The Morgan fingerprint density at radius 2 is 1.81 bits per heavy atom. The van der Waals surface area contributed by atoms with E-state index in [1.54, 1.807) is 7.11 Å². The molecule has 1 N–H and O–H groups in total. The van der Waals surface area contributed by atoms with Gasteiger partial charge in [-0.15, -0.1) is 0 Å². The number of pyridine rings is 1. The van der Waals surface area contributed by atoms with Crippen LogP contribution in [0.3, 0.4) is 0 Å². The van der Waals surface area contributed by atoms with Crippen molar-refractivity contribution in [3.05, 3.63) is 90.1 Å². The largest absolute Gasteiger partial charge is 0.496 e. The van der Waals surface area contributed by atoms with Crippen molar-refractivity contribution in [3.8, 4) is 22.8 Å². The Morgan fingerprint density at radius 3 is 2.61 bits per heavy atom. The van der Waals surface area contributed by atoms with Crippen LogP contribution in [0.2, 0.25) is 0 Å². The van der Waals surface area contributed by atoms with E-state index in [9.17, 15) is 0 Å². The summed E-state index contributed by atoms with van der Waals surface area (Å²) in [6.07, 6.45) is 4.47. The highest BCUT2D eigenvalue weighted by Gasteiger charge is 2.13. The summed E-state index contributed by atoms with van der Waals surface area (Å²) >= 11 is 0. The molecule has 1 aromatic heterocycles. The second-order valence-electron chi connectivity index (χ2n) is 9.49. The van der Waals surface area contributed by atoms with E-state index in [0.717, 1.165) is 30.0 Å². The molecule has 0 aliphatic carbocycles. The van der Waals surface area contributed by atoms with Crippen LogP contribution < -0.4 is 14.8 Å². The van der Waals surface area contributed by atoms with Gasteiger partial charge in [0.2, 0.25) is 5.88 Å². The third-order valence-electron chi connectivity index (χ3n) is 7.07. The number of rotatable bonds is 10. The van der Waals surface area contributed by atoms with Gasteiger partial charge in [-0.1, -0.05) is 48.5 Å². The summed E-state index contributed by atoms with van der Waals surface area (Å²) in [5.74, 6) is 1.50. The summed E-state index contributed by atoms with van der Waals surface area (Å²) in [7, 11) is 1.71. The Balaban J connectivity index is 1.25. The number of likely N-dealkylation sites (tertiary alicyclic amines) is 1. The molecule has 0 spiro atoms. The maximum Gasteiger partial charge on any atom is 0.213 e. The van der Waals surface area contributed by atoms with Gasteiger partial charge < -0.3 is 14.8 Å². The monoisotopic (exact) mass is 481 g/mol. The van der Waals surface area contributed by atoms with E-state index in [0.29, 0.717) is 12.5 Å². The molecule has 1 saturated heterocycles. The van der Waals surface area contributed by atoms with Crippen LogP contribution >= 0.6 is 0 Å². The molecule has 186 valence electrons. The van der Waals surface area contributed by atoms with Gasteiger partial charge in [0.25, 0.3) is 0 Å². The van der Waals surface area contributed by atoms with E-state index in [-0.39, 0.29) is 6.04 Å². The fourth-order valence-corrected chi connectivity index (χ4v) is 5.01. The molecule has 4 aromatic rings. The van der Waals surface area contributed by atoms with Gasteiger partial charge in [0.05, 0.1) is 7.11 Å². The van der Waals surface area contributed by atoms with Crippen molar-refractivity contribution in [2.75, 3.05) is 33.4 Å². The maximum atomic E-state index is 5.88. The molecule has 5 heteroatoms. The predicted molar refractivity (Wildman–Crippen MR) is 147 cm³/mol. The van der Waals surface area contributed by atoms with E-state index in [2.05, 4.69) is 82.8 Å². The smallest absolute Gasteiger partial charge is 0.213 e. The number of ether oxygens (including phenoxy) is 2. The third kappa shape index (κ3) is 5.69. The molecule has 0 amide bonds. The van der Waals surface area contributed by atoms with Crippen molar-refractivity contribution in [1.82, 2.24) is 15.2 Å². The zero-order valence-electron chi connectivity index (χ0n) is 21.2. The van der Waals surface area contributed by atoms with Crippen LogP contribution in [0, 0.1) is 0 Å². The molecule has 36 heavy (non-hydrogen) atoms. The minimum absolute atomic E-state index is 0.223. The minimum Gasteiger partial charge on any atom is -0.496 e. The second kappa shape index (κ2) is 11.5. The summed E-state index contributed by atoms with van der Waals surface area (Å²) < 4.78 is 11.5. The number of hydrogen-bond acceptors (Lipinski definition) is 5. The molecule has 1 unspecified atom stereocenters. The van der Waals surface area contributed by atoms with Gasteiger partial charge in [0.1, 0.15) is 12.4 Å². The first-order valence-corrected chi connectivity index (χ1v) is 12.9. The standard InChI is InChI=1S/C31H35N3O2/c1-23(27-11-7-9-25-8-3-4-10-28(25)27)32-21-24-12-14-30(35-2)29(20-24)26-13-15-31(33-22-26)36-19-18-34-16-5-6-17-34/h3-4,7-15,20,22-23,32H,5-6,16-19,21H2,1-2H3. The SMILES string of the molecule is COc1ccc(CNC(C)c2cccc3ccccc23)cc1-c1ccc(OCCN2CCCC2)nc1. The van der Waals surface area contributed by atoms with E-state index >= 15 is 0 Å². The average Bonchev–Trinajstić information content (AvgIpc) is 3.45. The van der Waals surface area contributed by atoms with Crippen molar-refractivity contribution in [2.24, 2.45) is 0 Å². The molecule has 5 rings (SSSR count). The Hall–Kier alpha value is -3.41. The maximum absolute atomic E-state index is 5.88. The van der Waals surface area contributed by atoms with Crippen molar-refractivity contribution >= 4 is 10.8 Å². The number of nitrogens with one attached hydrogen (secondary N) is 1. The van der Waals surface area contributed by atoms with E-state index in [1.165, 1.54) is 47.8 Å². The van der Waals surface area contributed by atoms with Crippen LogP contribution in [-0.2, 0) is 6.54 Å². The lowest BCUT2D eigenvalue weighted by molar-refractivity contribution is 0.232. The zero-order valence-corrected chi connectivity index (χ0v) is 21.2. The van der Waals surface area contributed by atoms with Crippen molar-refractivity contribution in [3.63, 3.8) is 0 Å². The molecular formula is C31H35N3O2. The topological polar surface area (TPSA) is 46.6 Å². The van der Waals surface area contributed by atoms with E-state index in [1.807, 2.05) is 18.3 Å². The van der Waals surface area contributed by atoms with Crippen LogP contribution in [0.1, 0.15) is 36.9 Å². The number of nitrogens with zero attached hydrogens (tertiary/aromatic N) is 2. The molecule has 0 saturated carbocycles. The summed E-state index contributed by atoms with van der Waals surface area (Å²) in [6, 6.07) is 25.6. The van der Waals surface area contributed by atoms with Gasteiger partial charge in [-0.25, -0.2) is 4.98 Å². The predicted octanol–water partition coefficient (Wildman–Crippen LogP) is 6.24. The van der Waals surface area contributed by atoms with Crippen molar-refractivity contribution < 1.29 is 9.47 Å². The first kappa shape index (κ1) is 24.3. The number of benzene rings is 3. The van der Waals surface area contributed by atoms with Crippen LogP contribution in [-0.4, -0.2) is 43.2 Å². The van der Waals surface area contributed by atoms with Gasteiger partial charge >= 0.3 is 0 Å². The van der Waals surface area contributed by atoms with Gasteiger partial charge in [0.15, 0.2) is 0 Å². The lowest BCUT2D eigenvalue weighted by Gasteiger charge is -2.18. The molecule has 1 aliphatic heterocycles. The number of methoxy groups -OCH3 is 1. The third-order valence-corrected chi connectivity index (χ3v) is 7.07. The molecule has 1 atom stereocenters. The average molecular weight is 482 g/mol. The summed E-state index contributed by atoms with van der Waals surface area (Å²) in [5, 5.41) is 6.26. The Kier molecular flexibility index (Phi) is 7.79. The Labute approximate surface area is 214 Å². The molecule has 5 nitrogen and oxygen atoms in total. The van der Waals surface area contributed by atoms with E-state index in [4.69, 9.17) is 9.47 Å². The number of fused-ring (bicyclic) bond motifs is 1. The molecule has 0 bridgehead atoms. The van der Waals surface area contributed by atoms with E-state index < -0.39 is 0 Å². The number of aromatic nitrogens is 1. The molecule has 2 heterocycles. The summed E-state index contributed by atoms with van der Waals surface area (Å²) in [6.45, 7) is 6.98. The molecule has 0 radical (unpaired) electrons. The second-order valence-corrected chi connectivity index (χ2v) is 9.49. The fourth-order valence-electron chi connectivity index (χ4n) is 5.01. The highest BCUT2D eigenvalue weighted by Crippen LogP contribution is 2.32. The molecule has 3 aromatic carbocycles. The van der Waals surface area contributed by atoms with Gasteiger partial charge in [0, 0.05) is 42.5 Å². The lowest BCUT2D eigenvalue weighted by Crippen LogP contribution is -2.25. The highest BCUT2D eigenvalue weighted by atomic mass is 16.5. The van der Waals surface area contributed by atoms with Crippen LogP contribution in [0.5, 0.6) is 11.6 Å². The first-order chi connectivity index (χ1) is 17.7. The number of hydrogen-bond donors (Lipinski definition) is 1. The van der Waals surface area contributed by atoms with Gasteiger partial charge in [-0.3, -0.25) is 4.90 Å². The Morgan fingerprint density at radius 1 is 0.972 bits per heavy atom. The van der Waals surface area contributed by atoms with Crippen LogP contribution in [0.15, 0.2) is 79.0 Å². The van der Waals surface area contributed by atoms with Crippen LogP contribution in [0.4, 0.5) is 0 Å². The summed E-state index contributed by atoms with van der Waals surface area (Å²) in [5.41, 5.74) is 4.56. The van der Waals surface area contributed by atoms with Gasteiger partial charge in [-0.05, 0) is 73.0 Å². The highest BCUT2D eigenvalue weighted by molar-refractivity contribution is 5.86. The first-order valence-electron chi connectivity index (χ1n) is 12.9. The van der Waals surface area contributed by atoms with Crippen molar-refractivity contribution in [1.29, 1.82) is 0 Å². The zero-order chi connectivity index (χ0) is 24.7. The van der Waals surface area contributed by atoms with Crippen molar-refractivity contribution in [2.45, 2.75) is 32.4 Å². The summed E-state index contributed by atoms with van der Waals surface area (Å²) in [4.78, 5) is 7.00. The molecule has 1 fully saturated rings. The van der Waals surface area contributed by atoms with Gasteiger partial charge in [-0.2, -0.15) is 0 Å². The van der Waals surface area contributed by atoms with Crippen LogP contribution in [0.25, 0.3) is 21.9 Å². The minimum atomic E-state index is 0.223. The molecule has 1 aliphatic rings. The normalized spacial score (nSPS) is 14.7. The molecular weight excluding hydrogens is 446 g/mol. The fraction of sp³-hybridized carbons (Fsp3) is 0.323. The Bertz CT molecular complexity index is 1280. The lowest BCUT2D eigenvalue weighted by atomic mass is 9.99.